The lowest BCUT2D eigenvalue weighted by Crippen LogP contribution is -2.02. The van der Waals surface area contributed by atoms with Gasteiger partial charge in [-0.1, -0.05) is 12.1 Å². The van der Waals surface area contributed by atoms with Crippen molar-refractivity contribution in [3.05, 3.63) is 59.4 Å². The summed E-state index contributed by atoms with van der Waals surface area (Å²) < 4.78 is 18.5. The van der Waals surface area contributed by atoms with E-state index in [9.17, 15) is 4.39 Å². The van der Waals surface area contributed by atoms with Crippen molar-refractivity contribution in [3.63, 3.8) is 0 Å². The molecule has 100 valence electrons. The molecule has 0 heterocycles. The predicted octanol–water partition coefficient (Wildman–Crippen LogP) is 4.14. The number of rotatable bonds is 5. The van der Waals surface area contributed by atoms with E-state index >= 15 is 0 Å². The average molecular weight is 259 g/mol. The third kappa shape index (κ3) is 3.71. The highest BCUT2D eigenvalue weighted by Crippen LogP contribution is 2.22. The largest absolute Gasteiger partial charge is 0.494 e. The zero-order chi connectivity index (χ0) is 13.7. The number of hydrogen-bond donors (Lipinski definition) is 1. The molecule has 2 aromatic rings. The lowest BCUT2D eigenvalue weighted by atomic mass is 10.1. The van der Waals surface area contributed by atoms with Crippen molar-refractivity contribution >= 4 is 5.69 Å². The molecular formula is C16H18FNO. The Morgan fingerprint density at radius 3 is 2.68 bits per heavy atom. The van der Waals surface area contributed by atoms with Crippen LogP contribution in [0.2, 0.25) is 0 Å². The SMILES string of the molecule is CCOc1ccc(NCc2cccc(F)c2)c(C)c1. The number of anilines is 1. The van der Waals surface area contributed by atoms with Crippen LogP contribution in [-0.2, 0) is 6.54 Å². The quantitative estimate of drug-likeness (QED) is 0.871. The van der Waals surface area contributed by atoms with Gasteiger partial charge in [0.05, 0.1) is 6.61 Å². The van der Waals surface area contributed by atoms with Crippen molar-refractivity contribution in [1.82, 2.24) is 0 Å². The third-order valence-electron chi connectivity index (χ3n) is 2.88. The molecule has 0 spiro atoms. The maximum atomic E-state index is 13.1. The summed E-state index contributed by atoms with van der Waals surface area (Å²) in [4.78, 5) is 0. The molecule has 0 unspecified atom stereocenters. The first-order valence-electron chi connectivity index (χ1n) is 6.41. The molecule has 0 aromatic heterocycles. The van der Waals surface area contributed by atoms with Gasteiger partial charge in [0.25, 0.3) is 0 Å². The van der Waals surface area contributed by atoms with Gasteiger partial charge < -0.3 is 10.1 Å². The maximum Gasteiger partial charge on any atom is 0.123 e. The van der Waals surface area contributed by atoms with Crippen LogP contribution in [0, 0.1) is 12.7 Å². The summed E-state index contributed by atoms with van der Waals surface area (Å²) in [7, 11) is 0. The summed E-state index contributed by atoms with van der Waals surface area (Å²) in [5, 5.41) is 3.30. The smallest absolute Gasteiger partial charge is 0.123 e. The Morgan fingerprint density at radius 1 is 1.16 bits per heavy atom. The highest BCUT2D eigenvalue weighted by molar-refractivity contribution is 5.53. The Balaban J connectivity index is 2.03. The molecule has 2 aromatic carbocycles. The zero-order valence-corrected chi connectivity index (χ0v) is 11.2. The minimum absolute atomic E-state index is 0.206. The van der Waals surface area contributed by atoms with Crippen molar-refractivity contribution in [2.45, 2.75) is 20.4 Å². The zero-order valence-electron chi connectivity index (χ0n) is 11.2. The van der Waals surface area contributed by atoms with Crippen LogP contribution in [0.5, 0.6) is 5.75 Å². The van der Waals surface area contributed by atoms with Gasteiger partial charge in [-0.05, 0) is 55.3 Å². The maximum absolute atomic E-state index is 13.1. The van der Waals surface area contributed by atoms with Gasteiger partial charge in [0.15, 0.2) is 0 Å². The van der Waals surface area contributed by atoms with Crippen molar-refractivity contribution in [1.29, 1.82) is 0 Å². The molecular weight excluding hydrogens is 241 g/mol. The minimum atomic E-state index is -0.206. The van der Waals surface area contributed by atoms with E-state index < -0.39 is 0 Å². The molecule has 1 N–H and O–H groups in total. The Kier molecular flexibility index (Phi) is 4.39. The van der Waals surface area contributed by atoms with Gasteiger partial charge in [-0.2, -0.15) is 0 Å². The number of benzene rings is 2. The first-order chi connectivity index (χ1) is 9.19. The van der Waals surface area contributed by atoms with E-state index in [2.05, 4.69) is 5.32 Å². The molecule has 0 aliphatic rings. The van der Waals surface area contributed by atoms with E-state index in [-0.39, 0.29) is 5.82 Å². The summed E-state index contributed by atoms with van der Waals surface area (Å²) in [6.45, 7) is 5.25. The Labute approximate surface area is 113 Å². The van der Waals surface area contributed by atoms with Crippen LogP contribution < -0.4 is 10.1 Å². The van der Waals surface area contributed by atoms with Crippen LogP contribution in [0.3, 0.4) is 0 Å². The van der Waals surface area contributed by atoms with Crippen LogP contribution in [0.15, 0.2) is 42.5 Å². The molecule has 0 fully saturated rings. The highest BCUT2D eigenvalue weighted by Gasteiger charge is 2.01. The second-order valence-electron chi connectivity index (χ2n) is 4.39. The summed E-state index contributed by atoms with van der Waals surface area (Å²) in [5.41, 5.74) is 3.07. The van der Waals surface area contributed by atoms with Gasteiger partial charge in [0.2, 0.25) is 0 Å². The van der Waals surface area contributed by atoms with Gasteiger partial charge in [0.1, 0.15) is 11.6 Å². The molecule has 2 rings (SSSR count). The van der Waals surface area contributed by atoms with Crippen LogP contribution in [-0.4, -0.2) is 6.61 Å². The van der Waals surface area contributed by atoms with Crippen molar-refractivity contribution in [2.24, 2.45) is 0 Å². The molecule has 0 bridgehead atoms. The monoisotopic (exact) mass is 259 g/mol. The minimum Gasteiger partial charge on any atom is -0.494 e. The van der Waals surface area contributed by atoms with E-state index in [1.54, 1.807) is 6.07 Å². The van der Waals surface area contributed by atoms with E-state index in [1.807, 2.05) is 38.1 Å². The molecule has 0 atom stereocenters. The second-order valence-corrected chi connectivity index (χ2v) is 4.39. The summed E-state index contributed by atoms with van der Waals surface area (Å²) in [5.74, 6) is 0.666. The van der Waals surface area contributed by atoms with Crippen molar-refractivity contribution < 1.29 is 9.13 Å². The summed E-state index contributed by atoms with van der Waals surface area (Å²) in [6.07, 6.45) is 0. The molecule has 0 radical (unpaired) electrons. The number of aryl methyl sites for hydroxylation is 1. The second kappa shape index (κ2) is 6.23. The lowest BCUT2D eigenvalue weighted by Gasteiger charge is -2.11. The van der Waals surface area contributed by atoms with E-state index in [1.165, 1.54) is 12.1 Å². The van der Waals surface area contributed by atoms with E-state index in [0.717, 1.165) is 22.6 Å². The van der Waals surface area contributed by atoms with Crippen LogP contribution in [0.25, 0.3) is 0 Å². The Bertz CT molecular complexity index is 554. The molecule has 3 heteroatoms. The predicted molar refractivity (Wildman–Crippen MR) is 76.1 cm³/mol. The van der Waals surface area contributed by atoms with Gasteiger partial charge in [-0.15, -0.1) is 0 Å². The molecule has 0 amide bonds. The van der Waals surface area contributed by atoms with Crippen LogP contribution >= 0.6 is 0 Å². The molecule has 0 saturated carbocycles. The standard InChI is InChI=1S/C16H18FNO/c1-3-19-15-7-8-16(12(2)9-15)18-11-13-5-4-6-14(17)10-13/h4-10,18H,3,11H2,1-2H3. The van der Waals surface area contributed by atoms with Crippen LogP contribution in [0.1, 0.15) is 18.1 Å². The fourth-order valence-corrected chi connectivity index (χ4v) is 1.94. The summed E-state index contributed by atoms with van der Waals surface area (Å²) >= 11 is 0. The number of nitrogens with one attached hydrogen (secondary N) is 1. The topological polar surface area (TPSA) is 21.3 Å². The average Bonchev–Trinajstić information content (AvgIpc) is 2.38. The first-order valence-corrected chi connectivity index (χ1v) is 6.41. The third-order valence-corrected chi connectivity index (χ3v) is 2.88. The van der Waals surface area contributed by atoms with E-state index in [4.69, 9.17) is 4.74 Å². The summed E-state index contributed by atoms with van der Waals surface area (Å²) in [6, 6.07) is 12.5. The molecule has 0 saturated heterocycles. The van der Waals surface area contributed by atoms with Crippen molar-refractivity contribution in [3.8, 4) is 5.75 Å². The lowest BCUT2D eigenvalue weighted by molar-refractivity contribution is 0.340. The fraction of sp³-hybridized carbons (Fsp3) is 0.250. The number of hydrogen-bond acceptors (Lipinski definition) is 2. The Hall–Kier alpha value is -2.03. The van der Waals surface area contributed by atoms with Crippen molar-refractivity contribution in [2.75, 3.05) is 11.9 Å². The normalized spacial score (nSPS) is 10.3. The molecule has 0 aliphatic carbocycles. The Morgan fingerprint density at radius 2 is 2.00 bits per heavy atom. The molecule has 19 heavy (non-hydrogen) atoms. The van der Waals surface area contributed by atoms with Gasteiger partial charge in [-0.3, -0.25) is 0 Å². The number of ether oxygens (including phenoxy) is 1. The van der Waals surface area contributed by atoms with Gasteiger partial charge in [-0.25, -0.2) is 4.39 Å². The first kappa shape index (κ1) is 13.4. The number of halogens is 1. The van der Waals surface area contributed by atoms with Gasteiger partial charge >= 0.3 is 0 Å². The van der Waals surface area contributed by atoms with Gasteiger partial charge in [0, 0.05) is 12.2 Å². The fourth-order valence-electron chi connectivity index (χ4n) is 1.94. The molecule has 0 aliphatic heterocycles. The van der Waals surface area contributed by atoms with Crippen LogP contribution in [0.4, 0.5) is 10.1 Å². The highest BCUT2D eigenvalue weighted by atomic mass is 19.1. The molecule has 2 nitrogen and oxygen atoms in total. The van der Waals surface area contributed by atoms with E-state index in [0.29, 0.717) is 13.2 Å².